The molecule has 1 aromatic heterocycles. The van der Waals surface area contributed by atoms with E-state index in [1.165, 1.54) is 29.2 Å². The number of carbonyl (C=O) groups excluding carboxylic acids is 1. The summed E-state index contributed by atoms with van der Waals surface area (Å²) in [6, 6.07) is 5.61. The Labute approximate surface area is 219 Å². The Morgan fingerprint density at radius 1 is 1.08 bits per heavy atom. The molecule has 0 aliphatic carbocycles. The van der Waals surface area contributed by atoms with Gasteiger partial charge in [0.15, 0.2) is 17.5 Å². The number of amides is 1. The minimum absolute atomic E-state index is 0.165. The number of nitrogens with zero attached hydrogens (tertiary/aromatic N) is 3. The summed E-state index contributed by atoms with van der Waals surface area (Å²) in [5, 5.41) is 0. The summed E-state index contributed by atoms with van der Waals surface area (Å²) >= 11 is 0. The zero-order chi connectivity index (χ0) is 28.7. The number of nitrogens with two attached hydrogens (primary N) is 1. The summed E-state index contributed by atoms with van der Waals surface area (Å²) < 4.78 is 110. The normalized spacial score (nSPS) is 14.7. The quantitative estimate of drug-likeness (QED) is 0.330. The highest BCUT2D eigenvalue weighted by molar-refractivity contribution is 7.92. The highest BCUT2D eigenvalue weighted by Gasteiger charge is 2.41. The van der Waals surface area contributed by atoms with Crippen LogP contribution in [0.3, 0.4) is 0 Å². The number of hydrogen-bond acceptors (Lipinski definition) is 5. The number of carbonyl (C=O) groups is 1. The fraction of sp³-hybridized carbons (Fsp3) is 0.333. The van der Waals surface area contributed by atoms with Gasteiger partial charge in [-0.1, -0.05) is 17.7 Å². The lowest BCUT2D eigenvalue weighted by atomic mass is 10.0. The standard InChI is InChI=1S/C24H23F6N5O3S/c1-13-2-4-16(5-3-13)39(37,38)33-22-20-12-34(6-7-35(20)23(32-22)24(28,29)30)21(36)10-15(31)8-14-9-18(26)19(27)11-17(14)25/h2-5,9,11,15,33H,6-8,10,12,31H2,1H3. The molecule has 1 amide bonds. The molecule has 8 nitrogen and oxygen atoms in total. The van der Waals surface area contributed by atoms with E-state index >= 15 is 0 Å². The summed E-state index contributed by atoms with van der Waals surface area (Å²) in [4.78, 5) is 17.4. The minimum atomic E-state index is -4.90. The third-order valence-electron chi connectivity index (χ3n) is 6.18. The molecule has 2 heterocycles. The number of hydrogen-bond donors (Lipinski definition) is 2. The molecule has 0 bridgehead atoms. The van der Waals surface area contributed by atoms with Gasteiger partial charge in [-0.05, 0) is 37.1 Å². The van der Waals surface area contributed by atoms with Crippen molar-refractivity contribution in [1.82, 2.24) is 14.5 Å². The predicted octanol–water partition coefficient (Wildman–Crippen LogP) is 3.73. The van der Waals surface area contributed by atoms with Gasteiger partial charge in [0.1, 0.15) is 5.82 Å². The Balaban J connectivity index is 1.55. The first-order valence-electron chi connectivity index (χ1n) is 11.6. The molecule has 1 aliphatic rings. The monoisotopic (exact) mass is 575 g/mol. The van der Waals surface area contributed by atoms with Gasteiger partial charge in [0, 0.05) is 31.6 Å². The fourth-order valence-electron chi connectivity index (χ4n) is 4.21. The molecule has 1 aliphatic heterocycles. The van der Waals surface area contributed by atoms with Gasteiger partial charge < -0.3 is 15.2 Å². The van der Waals surface area contributed by atoms with Gasteiger partial charge in [0.25, 0.3) is 10.0 Å². The maximum Gasteiger partial charge on any atom is 0.449 e. The third kappa shape index (κ3) is 6.19. The molecule has 39 heavy (non-hydrogen) atoms. The average Bonchev–Trinajstić information content (AvgIpc) is 3.20. The van der Waals surface area contributed by atoms with E-state index in [9.17, 15) is 39.6 Å². The Bertz CT molecular complexity index is 1510. The van der Waals surface area contributed by atoms with Gasteiger partial charge in [0.05, 0.1) is 17.1 Å². The van der Waals surface area contributed by atoms with Crippen molar-refractivity contribution in [2.45, 2.75) is 50.0 Å². The Kier molecular flexibility index (Phi) is 7.67. The summed E-state index contributed by atoms with van der Waals surface area (Å²) in [5.41, 5.74) is 6.27. The smallest absolute Gasteiger partial charge is 0.335 e. The highest BCUT2D eigenvalue weighted by Crippen LogP contribution is 2.35. The summed E-state index contributed by atoms with van der Waals surface area (Å²) in [7, 11) is -4.31. The molecule has 210 valence electrons. The van der Waals surface area contributed by atoms with Crippen molar-refractivity contribution < 1.29 is 39.6 Å². The van der Waals surface area contributed by atoms with E-state index in [0.29, 0.717) is 12.1 Å². The number of rotatable bonds is 7. The molecular weight excluding hydrogens is 552 g/mol. The molecule has 3 aromatic rings. The minimum Gasteiger partial charge on any atom is -0.335 e. The molecule has 0 saturated heterocycles. The van der Waals surface area contributed by atoms with Gasteiger partial charge in [-0.3, -0.25) is 9.52 Å². The molecule has 3 N–H and O–H groups in total. The first-order valence-corrected chi connectivity index (χ1v) is 13.1. The van der Waals surface area contributed by atoms with Crippen molar-refractivity contribution in [3.63, 3.8) is 0 Å². The van der Waals surface area contributed by atoms with Gasteiger partial charge in [-0.15, -0.1) is 0 Å². The van der Waals surface area contributed by atoms with Crippen LogP contribution in [0.25, 0.3) is 0 Å². The zero-order valence-electron chi connectivity index (χ0n) is 20.4. The topological polar surface area (TPSA) is 110 Å². The van der Waals surface area contributed by atoms with Crippen LogP contribution in [0.1, 0.15) is 29.1 Å². The van der Waals surface area contributed by atoms with Crippen LogP contribution in [-0.2, 0) is 40.5 Å². The maximum absolute atomic E-state index is 14.0. The van der Waals surface area contributed by atoms with E-state index in [2.05, 4.69) is 9.71 Å². The third-order valence-corrected chi connectivity index (χ3v) is 7.54. The van der Waals surface area contributed by atoms with Crippen LogP contribution in [0.4, 0.5) is 32.2 Å². The number of sulfonamides is 1. The number of benzene rings is 2. The first-order chi connectivity index (χ1) is 18.2. The number of aromatic nitrogens is 2. The number of anilines is 1. The second-order valence-electron chi connectivity index (χ2n) is 9.14. The summed E-state index contributed by atoms with van der Waals surface area (Å²) in [6.45, 7) is 0.820. The zero-order valence-corrected chi connectivity index (χ0v) is 21.2. The van der Waals surface area contributed by atoms with Crippen molar-refractivity contribution in [3.05, 3.63) is 76.5 Å². The number of fused-ring (bicyclic) bond motifs is 1. The molecule has 4 rings (SSSR count). The Hall–Kier alpha value is -3.59. The van der Waals surface area contributed by atoms with Crippen molar-refractivity contribution in [3.8, 4) is 0 Å². The Morgan fingerprint density at radius 3 is 2.36 bits per heavy atom. The number of aryl methyl sites for hydroxylation is 1. The van der Waals surface area contributed by atoms with Gasteiger partial charge in [-0.25, -0.2) is 26.6 Å². The van der Waals surface area contributed by atoms with Crippen LogP contribution in [-0.4, -0.2) is 41.4 Å². The molecule has 2 aromatic carbocycles. The van der Waals surface area contributed by atoms with Crippen LogP contribution in [0.15, 0.2) is 41.3 Å². The first kappa shape index (κ1) is 28.4. The predicted molar refractivity (Wildman–Crippen MR) is 127 cm³/mol. The van der Waals surface area contributed by atoms with E-state index in [0.717, 1.165) is 10.1 Å². The van der Waals surface area contributed by atoms with Crippen molar-refractivity contribution in [1.29, 1.82) is 0 Å². The van der Waals surface area contributed by atoms with Crippen LogP contribution in [0, 0.1) is 24.4 Å². The molecule has 15 heteroatoms. The van der Waals surface area contributed by atoms with E-state index in [-0.39, 0.29) is 42.1 Å². The molecule has 1 unspecified atom stereocenters. The van der Waals surface area contributed by atoms with Crippen molar-refractivity contribution >= 4 is 21.7 Å². The maximum atomic E-state index is 14.0. The van der Waals surface area contributed by atoms with Crippen LogP contribution in [0.5, 0.6) is 0 Å². The van der Waals surface area contributed by atoms with E-state index < -0.39 is 63.8 Å². The lowest BCUT2D eigenvalue weighted by Gasteiger charge is -2.30. The molecular formula is C24H23F6N5O3S. The Morgan fingerprint density at radius 2 is 1.72 bits per heavy atom. The number of halogens is 6. The number of imidazole rings is 1. The fourth-order valence-corrected chi connectivity index (χ4v) is 5.24. The van der Waals surface area contributed by atoms with Crippen LogP contribution >= 0.6 is 0 Å². The number of alkyl halides is 3. The molecule has 0 radical (unpaired) electrons. The van der Waals surface area contributed by atoms with E-state index in [1.807, 2.05) is 0 Å². The average molecular weight is 576 g/mol. The number of nitrogens with one attached hydrogen (secondary N) is 1. The second kappa shape index (κ2) is 10.5. The lowest BCUT2D eigenvalue weighted by Crippen LogP contribution is -2.42. The van der Waals surface area contributed by atoms with Crippen molar-refractivity contribution in [2.75, 3.05) is 11.3 Å². The SMILES string of the molecule is Cc1ccc(S(=O)(=O)Nc2nc(C(F)(F)F)n3c2CN(C(=O)CC(N)Cc2cc(F)c(F)cc2F)CC3)cc1. The van der Waals surface area contributed by atoms with Crippen LogP contribution in [0.2, 0.25) is 0 Å². The lowest BCUT2D eigenvalue weighted by molar-refractivity contribution is -0.148. The van der Waals surface area contributed by atoms with Gasteiger partial charge in [0.2, 0.25) is 11.7 Å². The molecule has 0 saturated carbocycles. The summed E-state index contributed by atoms with van der Waals surface area (Å²) in [5.74, 6) is -6.21. The van der Waals surface area contributed by atoms with Gasteiger partial charge >= 0.3 is 6.18 Å². The second-order valence-corrected chi connectivity index (χ2v) is 10.8. The van der Waals surface area contributed by atoms with E-state index in [1.54, 1.807) is 6.92 Å². The largest absolute Gasteiger partial charge is 0.449 e. The van der Waals surface area contributed by atoms with Crippen molar-refractivity contribution in [2.24, 2.45) is 5.73 Å². The van der Waals surface area contributed by atoms with E-state index in [4.69, 9.17) is 5.73 Å². The van der Waals surface area contributed by atoms with Crippen LogP contribution < -0.4 is 10.5 Å². The summed E-state index contributed by atoms with van der Waals surface area (Å²) in [6.07, 6.45) is -5.59. The van der Waals surface area contributed by atoms with Gasteiger partial charge in [-0.2, -0.15) is 13.2 Å². The molecule has 0 spiro atoms. The molecule has 1 atom stereocenters. The highest BCUT2D eigenvalue weighted by atomic mass is 32.2. The molecule has 0 fully saturated rings.